The number of hydrogen-bond donors (Lipinski definition) is 2. The topological polar surface area (TPSA) is 98.8 Å². The van der Waals surface area contributed by atoms with E-state index in [-0.39, 0.29) is 47.9 Å². The number of carbonyl (C=O) groups excluding carboxylic acids is 2. The number of sulfonamides is 1. The molecule has 0 unspecified atom stereocenters. The minimum Gasteiger partial charge on any atom is -0.354 e. The number of rotatable bonds is 7. The van der Waals surface area contributed by atoms with Crippen molar-refractivity contribution in [2.45, 2.75) is 10.9 Å². The van der Waals surface area contributed by atoms with Crippen LogP contribution in [0.3, 0.4) is 0 Å². The maximum Gasteiger partial charge on any atom is 0.251 e. The molecule has 0 spiro atoms. The molecule has 2 amide bonds. The lowest BCUT2D eigenvalue weighted by Gasteiger charge is -2.26. The smallest absolute Gasteiger partial charge is 0.251 e. The fraction of sp³-hybridized carbons (Fsp3) is 0.333. The number of carbonyl (C=O) groups is 2. The van der Waals surface area contributed by atoms with Crippen LogP contribution in [0.4, 0.5) is 0 Å². The lowest BCUT2D eigenvalue weighted by atomic mass is 10.1. The average Bonchev–Trinajstić information content (AvgIpc) is 2.74. The number of benzene rings is 2. The van der Waals surface area contributed by atoms with E-state index in [9.17, 15) is 18.0 Å². The molecule has 2 aromatic carbocycles. The van der Waals surface area contributed by atoms with Crippen LogP contribution in [0.5, 0.6) is 0 Å². The predicted molar refractivity (Wildman–Crippen MR) is 113 cm³/mol. The van der Waals surface area contributed by atoms with Gasteiger partial charge in [0.15, 0.2) is 0 Å². The number of likely N-dealkylation sites (N-methyl/N-ethyl adjacent to an activating group) is 1. The van der Waals surface area contributed by atoms with E-state index in [0.29, 0.717) is 6.54 Å². The molecule has 2 N–H and O–H groups in total. The first-order valence-corrected chi connectivity index (χ1v) is 11.1. The summed E-state index contributed by atoms with van der Waals surface area (Å²) >= 11 is 0. The Balaban J connectivity index is 1.73. The highest BCUT2D eigenvalue weighted by atomic mass is 32.2. The third-order valence-corrected chi connectivity index (χ3v) is 6.84. The Morgan fingerprint density at radius 2 is 1.90 bits per heavy atom. The number of nitrogens with one attached hydrogen (secondary N) is 2. The molecule has 8 nitrogen and oxygen atoms in total. The maximum atomic E-state index is 12.9. The number of nitrogens with zero attached hydrogens (tertiary/aromatic N) is 2. The van der Waals surface area contributed by atoms with Crippen molar-refractivity contribution in [3.05, 3.63) is 65.7 Å². The summed E-state index contributed by atoms with van der Waals surface area (Å²) in [6.45, 7) is 0.620. The summed E-state index contributed by atoms with van der Waals surface area (Å²) in [5, 5.41) is 5.49. The molecule has 9 heteroatoms. The van der Waals surface area contributed by atoms with Crippen LogP contribution >= 0.6 is 0 Å². The second kappa shape index (κ2) is 9.38. The summed E-state index contributed by atoms with van der Waals surface area (Å²) in [4.78, 5) is 26.3. The van der Waals surface area contributed by atoms with Crippen LogP contribution in [0.2, 0.25) is 0 Å². The second-order valence-electron chi connectivity index (χ2n) is 7.32. The van der Waals surface area contributed by atoms with Gasteiger partial charge in [0.05, 0.1) is 17.5 Å². The van der Waals surface area contributed by atoms with Gasteiger partial charge < -0.3 is 15.5 Å². The molecule has 2 aromatic rings. The van der Waals surface area contributed by atoms with Crippen LogP contribution in [0.15, 0.2) is 59.5 Å². The van der Waals surface area contributed by atoms with E-state index in [4.69, 9.17) is 0 Å². The quantitative estimate of drug-likeness (QED) is 0.678. The van der Waals surface area contributed by atoms with Gasteiger partial charge in [0.1, 0.15) is 0 Å². The normalized spacial score (nSPS) is 16.2. The fourth-order valence-corrected chi connectivity index (χ4v) is 4.78. The van der Waals surface area contributed by atoms with Crippen molar-refractivity contribution >= 4 is 21.8 Å². The van der Waals surface area contributed by atoms with Gasteiger partial charge in [0.2, 0.25) is 15.9 Å². The zero-order valence-corrected chi connectivity index (χ0v) is 17.9. The molecule has 0 bridgehead atoms. The summed E-state index contributed by atoms with van der Waals surface area (Å²) in [7, 11) is 0.0182. The summed E-state index contributed by atoms with van der Waals surface area (Å²) < 4.78 is 26.8. The molecule has 0 saturated carbocycles. The molecule has 1 saturated heterocycles. The van der Waals surface area contributed by atoms with Gasteiger partial charge in [0.25, 0.3) is 5.91 Å². The van der Waals surface area contributed by atoms with Crippen molar-refractivity contribution in [3.8, 4) is 0 Å². The Bertz CT molecular complexity index is 1010. The summed E-state index contributed by atoms with van der Waals surface area (Å²) in [5.41, 5.74) is 1.32. The Kier molecular flexibility index (Phi) is 6.86. The molecular formula is C21H26N4O4S. The molecule has 0 radical (unpaired) electrons. The summed E-state index contributed by atoms with van der Waals surface area (Å²) in [5.74, 6) is -0.694. The van der Waals surface area contributed by atoms with Gasteiger partial charge in [-0.3, -0.25) is 9.59 Å². The summed E-state index contributed by atoms with van der Waals surface area (Å²) in [6.07, 6.45) is 0. The van der Waals surface area contributed by atoms with Crippen molar-refractivity contribution in [1.29, 1.82) is 0 Å². The first-order valence-electron chi connectivity index (χ1n) is 9.65. The Hall–Kier alpha value is -2.75. The van der Waals surface area contributed by atoms with Crippen LogP contribution in [-0.2, 0) is 14.8 Å². The van der Waals surface area contributed by atoms with E-state index < -0.39 is 10.0 Å². The van der Waals surface area contributed by atoms with Crippen LogP contribution in [0.25, 0.3) is 0 Å². The lowest BCUT2D eigenvalue weighted by molar-refractivity contribution is -0.122. The minimum atomic E-state index is -3.85. The molecule has 3 rings (SSSR count). The van der Waals surface area contributed by atoms with Crippen molar-refractivity contribution in [3.63, 3.8) is 0 Å². The Morgan fingerprint density at radius 1 is 1.17 bits per heavy atom. The van der Waals surface area contributed by atoms with E-state index in [1.807, 2.05) is 49.3 Å². The molecule has 30 heavy (non-hydrogen) atoms. The van der Waals surface area contributed by atoms with E-state index in [2.05, 4.69) is 10.6 Å². The molecule has 1 aliphatic rings. The maximum absolute atomic E-state index is 12.9. The van der Waals surface area contributed by atoms with Gasteiger partial charge in [-0.2, -0.15) is 4.31 Å². The lowest BCUT2D eigenvalue weighted by Crippen LogP contribution is -2.49. The highest BCUT2D eigenvalue weighted by Gasteiger charge is 2.29. The highest BCUT2D eigenvalue weighted by molar-refractivity contribution is 7.89. The molecule has 1 aliphatic heterocycles. The molecule has 160 valence electrons. The van der Waals surface area contributed by atoms with Gasteiger partial charge >= 0.3 is 0 Å². The van der Waals surface area contributed by atoms with E-state index in [1.54, 1.807) is 6.07 Å². The van der Waals surface area contributed by atoms with Crippen molar-refractivity contribution in [2.75, 3.05) is 40.3 Å². The number of amides is 2. The van der Waals surface area contributed by atoms with Crippen molar-refractivity contribution in [1.82, 2.24) is 19.8 Å². The molecule has 1 heterocycles. The third-order valence-electron chi connectivity index (χ3n) is 5.00. The van der Waals surface area contributed by atoms with Crippen molar-refractivity contribution < 1.29 is 18.0 Å². The monoisotopic (exact) mass is 430 g/mol. The third kappa shape index (κ3) is 5.05. The average molecular weight is 431 g/mol. The zero-order valence-electron chi connectivity index (χ0n) is 17.0. The van der Waals surface area contributed by atoms with Gasteiger partial charge in [-0.15, -0.1) is 0 Å². The Labute approximate surface area is 176 Å². The van der Waals surface area contributed by atoms with Crippen LogP contribution in [0, 0.1) is 0 Å². The van der Waals surface area contributed by atoms with Crippen LogP contribution < -0.4 is 10.6 Å². The van der Waals surface area contributed by atoms with E-state index in [0.717, 1.165) is 9.87 Å². The van der Waals surface area contributed by atoms with Crippen LogP contribution in [0.1, 0.15) is 22.0 Å². The highest BCUT2D eigenvalue weighted by Crippen LogP contribution is 2.19. The second-order valence-corrected chi connectivity index (χ2v) is 9.25. The largest absolute Gasteiger partial charge is 0.354 e. The van der Waals surface area contributed by atoms with E-state index >= 15 is 0 Å². The molecule has 0 aliphatic carbocycles. The predicted octanol–water partition coefficient (Wildman–Crippen LogP) is 0.840. The number of piperazine rings is 1. The standard InChI is InChI=1S/C21H26N4O4S/c1-24(2)19(16-7-4-3-5-8-16)14-23-21(27)17-9-6-10-18(13-17)30(28,29)25-12-11-22-20(26)15-25/h3-10,13,19H,11-12,14-15H2,1-2H3,(H,22,26)(H,23,27)/t19-/m1/s1. The fourth-order valence-electron chi connectivity index (χ4n) is 3.33. The first kappa shape index (κ1) is 21.9. The molecule has 1 atom stereocenters. The Morgan fingerprint density at radius 3 is 2.57 bits per heavy atom. The van der Waals surface area contributed by atoms with Gasteiger partial charge in [-0.05, 0) is 37.9 Å². The first-order chi connectivity index (χ1) is 14.3. The zero-order chi connectivity index (χ0) is 21.7. The molecule has 0 aromatic heterocycles. The summed E-state index contributed by atoms with van der Waals surface area (Å²) in [6, 6.07) is 15.7. The number of hydrogen-bond acceptors (Lipinski definition) is 5. The van der Waals surface area contributed by atoms with Gasteiger partial charge in [0, 0.05) is 25.2 Å². The minimum absolute atomic E-state index is 0.00271. The molecule has 1 fully saturated rings. The van der Waals surface area contributed by atoms with Crippen LogP contribution in [-0.4, -0.2) is 69.7 Å². The van der Waals surface area contributed by atoms with Gasteiger partial charge in [-0.1, -0.05) is 36.4 Å². The SMILES string of the molecule is CN(C)[C@H](CNC(=O)c1cccc(S(=O)(=O)N2CCNC(=O)C2)c1)c1ccccc1. The van der Waals surface area contributed by atoms with E-state index in [1.165, 1.54) is 18.2 Å². The molecular weight excluding hydrogens is 404 g/mol. The van der Waals surface area contributed by atoms with Gasteiger partial charge in [-0.25, -0.2) is 8.42 Å². The van der Waals surface area contributed by atoms with Crippen molar-refractivity contribution in [2.24, 2.45) is 0 Å².